The van der Waals surface area contributed by atoms with Gasteiger partial charge in [-0.2, -0.15) is 0 Å². The van der Waals surface area contributed by atoms with Crippen molar-refractivity contribution in [2.75, 3.05) is 5.32 Å². The third-order valence-electron chi connectivity index (χ3n) is 4.07. The van der Waals surface area contributed by atoms with Crippen LogP contribution in [0.15, 0.2) is 48.8 Å². The predicted octanol–water partition coefficient (Wildman–Crippen LogP) is 2.44. The van der Waals surface area contributed by atoms with Crippen LogP contribution in [0.25, 0.3) is 21.8 Å². The molecular weight excluding hydrogens is 304 g/mol. The summed E-state index contributed by atoms with van der Waals surface area (Å²) < 4.78 is 3.66. The number of fused-ring (bicyclic) bond motifs is 3. The SMILES string of the molecule is CCn1c2ccccc2c2cc(NC(=O)Cn3cnnn3)ccc21. The maximum Gasteiger partial charge on any atom is 0.246 e. The highest BCUT2D eigenvalue weighted by atomic mass is 16.2. The number of aryl methyl sites for hydroxylation is 1. The zero-order valence-corrected chi connectivity index (χ0v) is 13.2. The first-order chi connectivity index (χ1) is 11.8. The Bertz CT molecular complexity index is 1020. The van der Waals surface area contributed by atoms with E-state index in [1.165, 1.54) is 21.9 Å². The van der Waals surface area contributed by atoms with Crippen molar-refractivity contribution in [3.05, 3.63) is 48.8 Å². The summed E-state index contributed by atoms with van der Waals surface area (Å²) in [6.07, 6.45) is 1.41. The predicted molar refractivity (Wildman–Crippen MR) is 91.6 cm³/mol. The van der Waals surface area contributed by atoms with Crippen LogP contribution in [0.5, 0.6) is 0 Å². The average molecular weight is 320 g/mol. The number of hydrogen-bond acceptors (Lipinski definition) is 4. The highest BCUT2D eigenvalue weighted by Crippen LogP contribution is 2.30. The molecule has 0 aliphatic carbocycles. The van der Waals surface area contributed by atoms with Crippen LogP contribution in [0.1, 0.15) is 6.92 Å². The van der Waals surface area contributed by atoms with Gasteiger partial charge in [0.2, 0.25) is 5.91 Å². The quantitative estimate of drug-likeness (QED) is 0.626. The molecule has 0 bridgehead atoms. The lowest BCUT2D eigenvalue weighted by molar-refractivity contribution is -0.116. The number of amides is 1. The number of carbonyl (C=O) groups is 1. The number of anilines is 1. The zero-order valence-electron chi connectivity index (χ0n) is 13.2. The van der Waals surface area contributed by atoms with Gasteiger partial charge in [0.15, 0.2) is 0 Å². The minimum absolute atomic E-state index is 0.0851. The molecule has 120 valence electrons. The fraction of sp³-hybridized carbons (Fsp3) is 0.176. The Labute approximate surface area is 137 Å². The third kappa shape index (κ3) is 2.40. The molecule has 0 aliphatic heterocycles. The second-order valence-electron chi connectivity index (χ2n) is 5.55. The summed E-state index contributed by atoms with van der Waals surface area (Å²) in [5, 5.41) is 16.0. The number of rotatable bonds is 4. The van der Waals surface area contributed by atoms with Gasteiger partial charge < -0.3 is 9.88 Å². The van der Waals surface area contributed by atoms with Crippen molar-refractivity contribution in [1.82, 2.24) is 24.8 Å². The standard InChI is InChI=1S/C17H16N6O/c1-2-23-15-6-4-3-5-13(15)14-9-12(7-8-16(14)23)19-17(24)10-22-11-18-20-21-22/h3-9,11H,2,10H2,1H3,(H,19,24). The molecule has 4 aromatic rings. The molecule has 0 atom stereocenters. The van der Waals surface area contributed by atoms with Crippen LogP contribution < -0.4 is 5.32 Å². The molecular formula is C17H16N6O. The minimum Gasteiger partial charge on any atom is -0.341 e. The van der Waals surface area contributed by atoms with Crippen molar-refractivity contribution in [2.24, 2.45) is 0 Å². The van der Waals surface area contributed by atoms with Gasteiger partial charge >= 0.3 is 0 Å². The summed E-state index contributed by atoms with van der Waals surface area (Å²) in [4.78, 5) is 12.1. The van der Waals surface area contributed by atoms with Crippen LogP contribution in [0.2, 0.25) is 0 Å². The Kier molecular flexibility index (Phi) is 3.45. The van der Waals surface area contributed by atoms with E-state index < -0.39 is 0 Å². The van der Waals surface area contributed by atoms with Crippen LogP contribution >= 0.6 is 0 Å². The molecule has 0 aliphatic rings. The normalized spacial score (nSPS) is 11.2. The summed E-state index contributed by atoms with van der Waals surface area (Å²) in [6, 6.07) is 14.3. The maximum absolute atomic E-state index is 12.1. The van der Waals surface area contributed by atoms with Crippen LogP contribution in [-0.2, 0) is 17.9 Å². The Balaban J connectivity index is 1.70. The molecule has 7 heteroatoms. The number of benzene rings is 2. The van der Waals surface area contributed by atoms with Crippen LogP contribution in [0, 0.1) is 0 Å². The van der Waals surface area contributed by atoms with Gasteiger partial charge in [0.1, 0.15) is 12.9 Å². The molecule has 2 heterocycles. The Hall–Kier alpha value is -3.22. The van der Waals surface area contributed by atoms with Gasteiger partial charge in [-0.3, -0.25) is 4.79 Å². The third-order valence-corrected chi connectivity index (χ3v) is 4.07. The number of nitrogens with zero attached hydrogens (tertiary/aromatic N) is 5. The van der Waals surface area contributed by atoms with Crippen LogP contribution in [0.4, 0.5) is 5.69 Å². The molecule has 0 unspecified atom stereocenters. The molecule has 1 N–H and O–H groups in total. The van der Waals surface area contributed by atoms with E-state index in [4.69, 9.17) is 0 Å². The minimum atomic E-state index is -0.166. The van der Waals surface area contributed by atoms with E-state index in [0.29, 0.717) is 0 Å². The Morgan fingerprint density at radius 3 is 2.75 bits per heavy atom. The second-order valence-corrected chi connectivity index (χ2v) is 5.55. The largest absolute Gasteiger partial charge is 0.341 e. The van der Waals surface area contributed by atoms with E-state index in [0.717, 1.165) is 23.1 Å². The number of hydrogen-bond donors (Lipinski definition) is 1. The van der Waals surface area contributed by atoms with E-state index in [-0.39, 0.29) is 12.5 Å². The van der Waals surface area contributed by atoms with Gasteiger partial charge in [-0.1, -0.05) is 18.2 Å². The summed E-state index contributed by atoms with van der Waals surface area (Å²) in [5.74, 6) is -0.166. The van der Waals surface area contributed by atoms with E-state index in [9.17, 15) is 4.79 Å². The van der Waals surface area contributed by atoms with Crippen molar-refractivity contribution < 1.29 is 4.79 Å². The van der Waals surface area contributed by atoms with Gasteiger partial charge in [-0.05, 0) is 41.6 Å². The first kappa shape index (κ1) is 14.4. The van der Waals surface area contributed by atoms with Crippen LogP contribution in [0.3, 0.4) is 0 Å². The molecule has 2 aromatic heterocycles. The average Bonchev–Trinajstić information content (AvgIpc) is 3.20. The molecule has 2 aromatic carbocycles. The summed E-state index contributed by atoms with van der Waals surface area (Å²) in [5.41, 5.74) is 3.13. The fourth-order valence-electron chi connectivity index (χ4n) is 3.07. The highest BCUT2D eigenvalue weighted by molar-refractivity contribution is 6.09. The molecule has 1 amide bonds. The van der Waals surface area contributed by atoms with Gasteiger partial charge in [0.25, 0.3) is 0 Å². The lowest BCUT2D eigenvalue weighted by Gasteiger charge is -2.06. The summed E-state index contributed by atoms with van der Waals surface area (Å²) in [7, 11) is 0. The number of aromatic nitrogens is 5. The Morgan fingerprint density at radius 1 is 1.12 bits per heavy atom. The van der Waals surface area contributed by atoms with Crippen molar-refractivity contribution >= 4 is 33.4 Å². The molecule has 7 nitrogen and oxygen atoms in total. The van der Waals surface area contributed by atoms with Crippen molar-refractivity contribution in [1.29, 1.82) is 0 Å². The Morgan fingerprint density at radius 2 is 1.96 bits per heavy atom. The fourth-order valence-corrected chi connectivity index (χ4v) is 3.07. The number of para-hydroxylation sites is 1. The van der Waals surface area contributed by atoms with Gasteiger partial charge in [-0.15, -0.1) is 5.10 Å². The zero-order chi connectivity index (χ0) is 16.5. The molecule has 0 spiro atoms. The first-order valence-corrected chi connectivity index (χ1v) is 7.78. The highest BCUT2D eigenvalue weighted by Gasteiger charge is 2.11. The van der Waals surface area contributed by atoms with E-state index in [1.807, 2.05) is 30.3 Å². The monoisotopic (exact) mass is 320 g/mol. The topological polar surface area (TPSA) is 77.6 Å². The molecule has 0 radical (unpaired) electrons. The van der Waals surface area contributed by atoms with Gasteiger partial charge in [0.05, 0.1) is 0 Å². The van der Waals surface area contributed by atoms with Gasteiger partial charge in [0, 0.05) is 34.0 Å². The van der Waals surface area contributed by atoms with Crippen molar-refractivity contribution in [3.63, 3.8) is 0 Å². The molecule has 0 saturated carbocycles. The molecule has 0 saturated heterocycles. The van der Waals surface area contributed by atoms with Gasteiger partial charge in [-0.25, -0.2) is 4.68 Å². The smallest absolute Gasteiger partial charge is 0.246 e. The summed E-state index contributed by atoms with van der Waals surface area (Å²) >= 11 is 0. The lowest BCUT2D eigenvalue weighted by Crippen LogP contribution is -2.19. The van der Waals surface area contributed by atoms with Crippen molar-refractivity contribution in [2.45, 2.75) is 20.0 Å². The number of nitrogens with one attached hydrogen (secondary N) is 1. The lowest BCUT2D eigenvalue weighted by atomic mass is 10.1. The molecule has 4 rings (SSSR count). The van der Waals surface area contributed by atoms with Crippen molar-refractivity contribution in [3.8, 4) is 0 Å². The van der Waals surface area contributed by atoms with E-state index >= 15 is 0 Å². The molecule has 0 fully saturated rings. The maximum atomic E-state index is 12.1. The van der Waals surface area contributed by atoms with E-state index in [1.54, 1.807) is 0 Å². The second kappa shape index (κ2) is 5.77. The summed E-state index contributed by atoms with van der Waals surface area (Å²) in [6.45, 7) is 3.12. The molecule has 24 heavy (non-hydrogen) atoms. The number of tetrazole rings is 1. The van der Waals surface area contributed by atoms with E-state index in [2.05, 4.69) is 44.5 Å². The van der Waals surface area contributed by atoms with Crippen LogP contribution in [-0.4, -0.2) is 30.7 Å². The number of carbonyl (C=O) groups excluding carboxylic acids is 1. The first-order valence-electron chi connectivity index (χ1n) is 7.78.